The largest absolute Gasteiger partial charge is 0.459 e. The van der Waals surface area contributed by atoms with Crippen molar-refractivity contribution < 1.29 is 19.1 Å². The van der Waals surface area contributed by atoms with Gasteiger partial charge in [0.05, 0.1) is 12.7 Å². The molecule has 1 aromatic heterocycles. The monoisotopic (exact) mass is 411 g/mol. The summed E-state index contributed by atoms with van der Waals surface area (Å²) < 4.78 is 10.7. The molecule has 1 aliphatic carbocycles. The Kier molecular flexibility index (Phi) is 6.51. The smallest absolute Gasteiger partial charge is 0.355 e. The van der Waals surface area contributed by atoms with Gasteiger partial charge in [0, 0.05) is 17.7 Å². The molecule has 1 N–H and O–H groups in total. The molecule has 0 bridgehead atoms. The highest BCUT2D eigenvalue weighted by molar-refractivity contribution is 6.03. The van der Waals surface area contributed by atoms with Crippen LogP contribution in [0.3, 0.4) is 0 Å². The van der Waals surface area contributed by atoms with Crippen LogP contribution in [0, 0.1) is 6.92 Å². The molecule has 1 heterocycles. The standard InChI is InChI=1S/C25H33NO4/c1-15(2)29-11-12-30-24(28)23-16(3)22-20(26-23)13-18(14-21(22)27)17-7-9-19(10-8-17)25(4,5)6/h7-10,15,18,26H,11-14H2,1-6H3. The van der Waals surface area contributed by atoms with E-state index in [4.69, 9.17) is 9.47 Å². The van der Waals surface area contributed by atoms with Gasteiger partial charge in [-0.2, -0.15) is 0 Å². The van der Waals surface area contributed by atoms with Crippen molar-refractivity contribution in [3.8, 4) is 0 Å². The lowest BCUT2D eigenvalue weighted by atomic mass is 9.80. The predicted octanol–water partition coefficient (Wildman–Crippen LogP) is 5.12. The fraction of sp³-hybridized carbons (Fsp3) is 0.520. The molecule has 1 unspecified atom stereocenters. The number of H-pyrrole nitrogens is 1. The molecular formula is C25H33NO4. The van der Waals surface area contributed by atoms with Crippen molar-refractivity contribution in [1.82, 2.24) is 4.98 Å². The van der Waals surface area contributed by atoms with Gasteiger partial charge in [0.15, 0.2) is 5.78 Å². The van der Waals surface area contributed by atoms with E-state index in [2.05, 4.69) is 50.0 Å². The average molecular weight is 412 g/mol. The van der Waals surface area contributed by atoms with Crippen molar-refractivity contribution in [1.29, 1.82) is 0 Å². The molecule has 30 heavy (non-hydrogen) atoms. The maximum atomic E-state index is 12.9. The Balaban J connectivity index is 1.75. The van der Waals surface area contributed by atoms with Gasteiger partial charge in [-0.3, -0.25) is 4.79 Å². The lowest BCUT2D eigenvalue weighted by molar-refractivity contribution is 0.0172. The lowest BCUT2D eigenvalue weighted by Gasteiger charge is -2.24. The van der Waals surface area contributed by atoms with Gasteiger partial charge in [-0.05, 0) is 55.2 Å². The Hall–Kier alpha value is -2.40. The lowest BCUT2D eigenvalue weighted by Crippen LogP contribution is -2.19. The number of hydrogen-bond acceptors (Lipinski definition) is 4. The highest BCUT2D eigenvalue weighted by Crippen LogP contribution is 2.36. The molecule has 0 saturated carbocycles. The number of Topliss-reactive ketones (excluding diaryl/α,β-unsaturated/α-hetero) is 1. The second-order valence-electron chi connectivity index (χ2n) is 9.43. The Bertz CT molecular complexity index is 916. The molecule has 5 nitrogen and oxygen atoms in total. The van der Waals surface area contributed by atoms with E-state index in [0.717, 1.165) is 11.3 Å². The second-order valence-corrected chi connectivity index (χ2v) is 9.43. The van der Waals surface area contributed by atoms with Crippen LogP contribution in [0.4, 0.5) is 0 Å². The Morgan fingerprint density at radius 2 is 1.80 bits per heavy atom. The van der Waals surface area contributed by atoms with E-state index in [1.807, 2.05) is 20.8 Å². The Morgan fingerprint density at radius 3 is 2.40 bits per heavy atom. The van der Waals surface area contributed by atoms with Crippen LogP contribution >= 0.6 is 0 Å². The topological polar surface area (TPSA) is 68.4 Å². The van der Waals surface area contributed by atoms with Gasteiger partial charge in [0.1, 0.15) is 12.3 Å². The fourth-order valence-corrected chi connectivity index (χ4v) is 4.02. The van der Waals surface area contributed by atoms with E-state index < -0.39 is 5.97 Å². The molecule has 1 aromatic carbocycles. The molecule has 1 aliphatic rings. The number of ketones is 1. The van der Waals surface area contributed by atoms with Crippen LogP contribution in [0.2, 0.25) is 0 Å². The highest BCUT2D eigenvalue weighted by Gasteiger charge is 2.32. The van der Waals surface area contributed by atoms with Crippen LogP contribution < -0.4 is 0 Å². The van der Waals surface area contributed by atoms with Crippen molar-refractivity contribution in [2.75, 3.05) is 13.2 Å². The van der Waals surface area contributed by atoms with E-state index in [0.29, 0.717) is 36.3 Å². The molecule has 0 radical (unpaired) electrons. The summed E-state index contributed by atoms with van der Waals surface area (Å²) in [4.78, 5) is 28.6. The van der Waals surface area contributed by atoms with Crippen LogP contribution in [-0.2, 0) is 21.3 Å². The summed E-state index contributed by atoms with van der Waals surface area (Å²) in [5.41, 5.74) is 5.08. The first-order chi connectivity index (χ1) is 14.1. The number of benzene rings is 1. The molecule has 162 valence electrons. The number of fused-ring (bicyclic) bond motifs is 1. The number of aromatic amines is 1. The molecule has 0 fully saturated rings. The Morgan fingerprint density at radius 1 is 1.13 bits per heavy atom. The number of carbonyl (C=O) groups is 2. The fourth-order valence-electron chi connectivity index (χ4n) is 4.02. The summed E-state index contributed by atoms with van der Waals surface area (Å²) in [5.74, 6) is -0.245. The van der Waals surface area contributed by atoms with Gasteiger partial charge in [-0.15, -0.1) is 0 Å². The molecule has 0 amide bonds. The van der Waals surface area contributed by atoms with Gasteiger partial charge in [0.2, 0.25) is 0 Å². The van der Waals surface area contributed by atoms with E-state index >= 15 is 0 Å². The number of carbonyl (C=O) groups excluding carboxylic acids is 2. The van der Waals surface area contributed by atoms with Crippen LogP contribution in [0.1, 0.15) is 90.2 Å². The van der Waals surface area contributed by atoms with Crippen LogP contribution in [0.5, 0.6) is 0 Å². The number of ether oxygens (including phenoxy) is 2. The summed E-state index contributed by atoms with van der Waals surface area (Å²) in [6.45, 7) is 12.8. The first-order valence-corrected chi connectivity index (χ1v) is 10.7. The van der Waals surface area contributed by atoms with Crippen molar-refractivity contribution in [3.63, 3.8) is 0 Å². The SMILES string of the molecule is Cc1c(C(=O)OCCOC(C)C)[nH]c2c1C(=O)CC(c1ccc(C(C)(C)C)cc1)C2. The maximum Gasteiger partial charge on any atom is 0.355 e. The van der Waals surface area contributed by atoms with E-state index in [1.165, 1.54) is 5.56 Å². The van der Waals surface area contributed by atoms with E-state index in [-0.39, 0.29) is 29.8 Å². The first-order valence-electron chi connectivity index (χ1n) is 10.7. The zero-order valence-corrected chi connectivity index (χ0v) is 18.9. The quantitative estimate of drug-likeness (QED) is 0.529. The number of aromatic nitrogens is 1. The van der Waals surface area contributed by atoms with Crippen LogP contribution in [-0.4, -0.2) is 36.1 Å². The summed E-state index contributed by atoms with van der Waals surface area (Å²) in [5, 5.41) is 0. The third kappa shape index (κ3) is 4.84. The van der Waals surface area contributed by atoms with Crippen molar-refractivity contribution >= 4 is 11.8 Å². The number of hydrogen-bond donors (Lipinski definition) is 1. The summed E-state index contributed by atoms with van der Waals surface area (Å²) >= 11 is 0. The first kappa shape index (κ1) is 22.3. The molecule has 0 saturated heterocycles. The molecule has 5 heteroatoms. The number of rotatable bonds is 6. The molecular weight excluding hydrogens is 378 g/mol. The van der Waals surface area contributed by atoms with E-state index in [1.54, 1.807) is 0 Å². The molecule has 1 atom stereocenters. The summed E-state index contributed by atoms with van der Waals surface area (Å²) in [6.07, 6.45) is 1.26. The normalized spacial score (nSPS) is 16.6. The summed E-state index contributed by atoms with van der Waals surface area (Å²) in [7, 11) is 0. The highest BCUT2D eigenvalue weighted by atomic mass is 16.6. The van der Waals surface area contributed by atoms with Gasteiger partial charge in [-0.25, -0.2) is 4.79 Å². The minimum absolute atomic E-state index is 0.0806. The second kappa shape index (κ2) is 8.76. The van der Waals surface area contributed by atoms with Crippen molar-refractivity contribution in [2.45, 2.75) is 71.8 Å². The van der Waals surface area contributed by atoms with Gasteiger partial charge >= 0.3 is 5.97 Å². The van der Waals surface area contributed by atoms with Gasteiger partial charge < -0.3 is 14.5 Å². The van der Waals surface area contributed by atoms with E-state index in [9.17, 15) is 9.59 Å². The van der Waals surface area contributed by atoms with Gasteiger partial charge in [0.25, 0.3) is 0 Å². The third-order valence-electron chi connectivity index (χ3n) is 5.71. The van der Waals surface area contributed by atoms with Gasteiger partial charge in [-0.1, -0.05) is 45.0 Å². The average Bonchev–Trinajstić information content (AvgIpc) is 3.01. The Labute approximate surface area is 179 Å². The van der Waals surface area contributed by atoms with Crippen molar-refractivity contribution in [3.05, 3.63) is 57.9 Å². The zero-order chi connectivity index (χ0) is 22.1. The molecule has 0 spiro atoms. The third-order valence-corrected chi connectivity index (χ3v) is 5.71. The number of nitrogens with one attached hydrogen (secondary N) is 1. The molecule has 0 aliphatic heterocycles. The molecule has 3 rings (SSSR count). The van der Waals surface area contributed by atoms with Crippen molar-refractivity contribution in [2.24, 2.45) is 0 Å². The predicted molar refractivity (Wildman–Crippen MR) is 117 cm³/mol. The maximum absolute atomic E-state index is 12.9. The molecule has 2 aromatic rings. The summed E-state index contributed by atoms with van der Waals surface area (Å²) in [6, 6.07) is 8.56. The zero-order valence-electron chi connectivity index (χ0n) is 18.9. The van der Waals surface area contributed by atoms with Crippen LogP contribution in [0.15, 0.2) is 24.3 Å². The minimum atomic E-state index is -0.437. The van der Waals surface area contributed by atoms with Crippen LogP contribution in [0.25, 0.3) is 0 Å². The number of esters is 1. The minimum Gasteiger partial charge on any atom is -0.459 e.